The summed E-state index contributed by atoms with van der Waals surface area (Å²) < 4.78 is 18.4. The number of benzene rings is 2. The maximum absolute atomic E-state index is 12.0. The molecule has 0 saturated carbocycles. The predicted octanol–water partition coefficient (Wildman–Crippen LogP) is 2.50. The summed E-state index contributed by atoms with van der Waals surface area (Å²) in [5, 5.41) is 2.66. The Morgan fingerprint density at radius 2 is 1.96 bits per heavy atom. The number of esters is 1. The van der Waals surface area contributed by atoms with Gasteiger partial charge in [-0.3, -0.25) is 4.79 Å². The van der Waals surface area contributed by atoms with Gasteiger partial charge in [0.1, 0.15) is 22.3 Å². The van der Waals surface area contributed by atoms with E-state index in [2.05, 4.69) is 14.1 Å². The molecule has 2 aromatic carbocycles. The second kappa shape index (κ2) is 7.05. The van der Waals surface area contributed by atoms with Crippen molar-refractivity contribution in [3.05, 3.63) is 48.0 Å². The quantitative estimate of drug-likeness (QED) is 0.716. The molecule has 7 nitrogen and oxygen atoms in total. The highest BCUT2D eigenvalue weighted by molar-refractivity contribution is 7.00. The molecule has 0 bridgehead atoms. The molecule has 0 aliphatic carbocycles. The van der Waals surface area contributed by atoms with Crippen molar-refractivity contribution >= 4 is 40.3 Å². The van der Waals surface area contributed by atoms with E-state index in [0.717, 1.165) is 11.7 Å². The van der Waals surface area contributed by atoms with E-state index in [4.69, 9.17) is 9.47 Å². The fourth-order valence-corrected chi connectivity index (χ4v) is 2.67. The number of hydrogen-bond acceptors (Lipinski definition) is 7. The third-order valence-corrected chi connectivity index (χ3v) is 3.76. The van der Waals surface area contributed by atoms with Gasteiger partial charge in [0.25, 0.3) is 5.91 Å². The molecule has 0 radical (unpaired) electrons. The lowest BCUT2D eigenvalue weighted by atomic mass is 10.2. The molecular formula is C16H13N3O4S. The number of ether oxygens (including phenoxy) is 2. The summed E-state index contributed by atoms with van der Waals surface area (Å²) in [4.78, 5) is 24.1. The molecule has 0 spiro atoms. The highest BCUT2D eigenvalue weighted by Gasteiger charge is 2.15. The predicted molar refractivity (Wildman–Crippen MR) is 89.3 cm³/mol. The summed E-state index contributed by atoms with van der Waals surface area (Å²) in [7, 11) is 1.46. The van der Waals surface area contributed by atoms with Crippen LogP contribution in [-0.2, 0) is 9.53 Å². The second-order valence-electron chi connectivity index (χ2n) is 4.76. The molecule has 122 valence electrons. The van der Waals surface area contributed by atoms with Crippen molar-refractivity contribution in [1.82, 2.24) is 8.75 Å². The third-order valence-electron chi connectivity index (χ3n) is 3.22. The van der Waals surface area contributed by atoms with Gasteiger partial charge in [-0.2, -0.15) is 8.75 Å². The summed E-state index contributed by atoms with van der Waals surface area (Å²) in [6.45, 7) is -0.412. The van der Waals surface area contributed by atoms with E-state index >= 15 is 0 Å². The molecule has 0 atom stereocenters. The third kappa shape index (κ3) is 3.33. The van der Waals surface area contributed by atoms with Gasteiger partial charge in [0.2, 0.25) is 0 Å². The fraction of sp³-hybridized carbons (Fsp3) is 0.125. The van der Waals surface area contributed by atoms with E-state index in [9.17, 15) is 9.59 Å². The van der Waals surface area contributed by atoms with E-state index in [0.29, 0.717) is 22.5 Å². The van der Waals surface area contributed by atoms with Crippen molar-refractivity contribution in [3.63, 3.8) is 0 Å². The SMILES string of the molecule is COc1ccccc1C(=O)OCC(=O)Nc1cccc2nsnc12. The zero-order valence-corrected chi connectivity index (χ0v) is 13.5. The van der Waals surface area contributed by atoms with Gasteiger partial charge in [-0.25, -0.2) is 4.79 Å². The monoisotopic (exact) mass is 343 g/mol. The molecule has 1 N–H and O–H groups in total. The van der Waals surface area contributed by atoms with Crippen LogP contribution in [0.4, 0.5) is 5.69 Å². The normalized spacial score (nSPS) is 10.4. The number of para-hydroxylation sites is 1. The first-order chi connectivity index (χ1) is 11.7. The Kier molecular flexibility index (Phi) is 4.66. The summed E-state index contributed by atoms with van der Waals surface area (Å²) >= 11 is 1.06. The van der Waals surface area contributed by atoms with Crippen LogP contribution < -0.4 is 10.1 Å². The lowest BCUT2D eigenvalue weighted by molar-refractivity contribution is -0.119. The number of amides is 1. The fourth-order valence-electron chi connectivity index (χ4n) is 2.12. The first-order valence-electron chi connectivity index (χ1n) is 7.00. The van der Waals surface area contributed by atoms with E-state index in [-0.39, 0.29) is 5.56 Å². The van der Waals surface area contributed by atoms with Crippen molar-refractivity contribution in [3.8, 4) is 5.75 Å². The number of methoxy groups -OCH3 is 1. The molecule has 1 heterocycles. The van der Waals surface area contributed by atoms with Crippen LogP contribution >= 0.6 is 11.7 Å². The van der Waals surface area contributed by atoms with Gasteiger partial charge in [0.15, 0.2) is 6.61 Å². The first-order valence-corrected chi connectivity index (χ1v) is 7.73. The van der Waals surface area contributed by atoms with Crippen molar-refractivity contribution < 1.29 is 19.1 Å². The zero-order chi connectivity index (χ0) is 16.9. The Labute approximate surface area is 141 Å². The minimum absolute atomic E-state index is 0.263. The topological polar surface area (TPSA) is 90.4 Å². The molecule has 3 rings (SSSR count). The van der Waals surface area contributed by atoms with E-state index in [1.54, 1.807) is 42.5 Å². The Bertz CT molecular complexity index is 894. The lowest BCUT2D eigenvalue weighted by Crippen LogP contribution is -2.21. The molecule has 1 aromatic heterocycles. The number of fused-ring (bicyclic) bond motifs is 1. The van der Waals surface area contributed by atoms with Crippen molar-refractivity contribution in [2.45, 2.75) is 0 Å². The molecule has 0 aliphatic rings. The molecule has 1 amide bonds. The Morgan fingerprint density at radius 3 is 2.79 bits per heavy atom. The summed E-state index contributed by atoms with van der Waals surface area (Å²) in [5.74, 6) is -0.698. The van der Waals surface area contributed by atoms with Crippen LogP contribution in [0.25, 0.3) is 11.0 Å². The number of anilines is 1. The van der Waals surface area contributed by atoms with Crippen molar-refractivity contribution in [1.29, 1.82) is 0 Å². The van der Waals surface area contributed by atoms with Gasteiger partial charge < -0.3 is 14.8 Å². The molecule has 24 heavy (non-hydrogen) atoms. The van der Waals surface area contributed by atoms with E-state index < -0.39 is 18.5 Å². The maximum Gasteiger partial charge on any atom is 0.342 e. The van der Waals surface area contributed by atoms with Gasteiger partial charge in [0, 0.05) is 0 Å². The molecule has 8 heteroatoms. The molecule has 0 saturated heterocycles. The van der Waals surface area contributed by atoms with Gasteiger partial charge in [0.05, 0.1) is 24.5 Å². The highest BCUT2D eigenvalue weighted by atomic mass is 32.1. The Morgan fingerprint density at radius 1 is 1.12 bits per heavy atom. The van der Waals surface area contributed by atoms with Crippen LogP contribution in [0.2, 0.25) is 0 Å². The van der Waals surface area contributed by atoms with Crippen LogP contribution in [0.3, 0.4) is 0 Å². The van der Waals surface area contributed by atoms with Gasteiger partial charge in [-0.05, 0) is 24.3 Å². The van der Waals surface area contributed by atoms with Crippen LogP contribution in [0.1, 0.15) is 10.4 Å². The van der Waals surface area contributed by atoms with Crippen LogP contribution in [-0.4, -0.2) is 34.3 Å². The highest BCUT2D eigenvalue weighted by Crippen LogP contribution is 2.21. The molecule has 0 aliphatic heterocycles. The summed E-state index contributed by atoms with van der Waals surface area (Å²) in [6.07, 6.45) is 0. The molecule has 0 unspecified atom stereocenters. The minimum atomic E-state index is -0.629. The Balaban J connectivity index is 1.63. The number of hydrogen-bond donors (Lipinski definition) is 1. The van der Waals surface area contributed by atoms with Crippen LogP contribution in [0.15, 0.2) is 42.5 Å². The van der Waals surface area contributed by atoms with E-state index in [1.807, 2.05) is 0 Å². The zero-order valence-electron chi connectivity index (χ0n) is 12.7. The van der Waals surface area contributed by atoms with Gasteiger partial charge in [-0.15, -0.1) is 0 Å². The average Bonchev–Trinajstić information content (AvgIpc) is 3.09. The molecule has 0 fully saturated rings. The van der Waals surface area contributed by atoms with Crippen LogP contribution in [0, 0.1) is 0 Å². The lowest BCUT2D eigenvalue weighted by Gasteiger charge is -2.09. The maximum atomic E-state index is 12.0. The number of nitrogens with zero attached hydrogens (tertiary/aromatic N) is 2. The average molecular weight is 343 g/mol. The number of nitrogens with one attached hydrogen (secondary N) is 1. The number of carbonyl (C=O) groups excluding carboxylic acids is 2. The summed E-state index contributed by atoms with van der Waals surface area (Å²) in [6, 6.07) is 11.9. The van der Waals surface area contributed by atoms with Gasteiger partial charge in [-0.1, -0.05) is 18.2 Å². The molecule has 3 aromatic rings. The first kappa shape index (κ1) is 15.9. The number of carbonyl (C=O) groups is 2. The largest absolute Gasteiger partial charge is 0.496 e. The standard InChI is InChI=1S/C16H13N3O4S/c1-22-13-8-3-2-5-10(13)16(21)23-9-14(20)17-11-6-4-7-12-15(11)19-24-18-12/h2-8H,9H2,1H3,(H,17,20). The van der Waals surface area contributed by atoms with Crippen molar-refractivity contribution in [2.75, 3.05) is 19.0 Å². The number of aromatic nitrogens is 2. The Hall–Kier alpha value is -3.00. The van der Waals surface area contributed by atoms with Crippen LogP contribution in [0.5, 0.6) is 5.75 Å². The van der Waals surface area contributed by atoms with Crippen molar-refractivity contribution in [2.24, 2.45) is 0 Å². The van der Waals surface area contributed by atoms with Gasteiger partial charge >= 0.3 is 5.97 Å². The minimum Gasteiger partial charge on any atom is -0.496 e. The number of rotatable bonds is 5. The smallest absolute Gasteiger partial charge is 0.342 e. The van der Waals surface area contributed by atoms with E-state index in [1.165, 1.54) is 7.11 Å². The molecular weight excluding hydrogens is 330 g/mol. The second-order valence-corrected chi connectivity index (χ2v) is 5.29. The summed E-state index contributed by atoms with van der Waals surface area (Å²) in [5.41, 5.74) is 2.09.